The number of hydrogen-bond donors (Lipinski definition) is 1. The first-order valence-corrected chi connectivity index (χ1v) is 8.46. The van der Waals surface area contributed by atoms with Crippen molar-refractivity contribution in [1.29, 1.82) is 0 Å². The monoisotopic (exact) mass is 365 g/mol. The molecule has 0 aliphatic rings. The lowest BCUT2D eigenvalue weighted by molar-refractivity contribution is 0.595. The smallest absolute Gasteiger partial charge is 0.0579 e. The molecule has 0 heterocycles. The molecule has 1 unspecified atom stereocenters. The number of rotatable bonds is 5. The zero-order valence-electron chi connectivity index (χ0n) is 12.7. The van der Waals surface area contributed by atoms with E-state index in [0.717, 1.165) is 22.5 Å². The Bertz CT molecular complexity index is 625. The number of halogens is 2. The van der Waals surface area contributed by atoms with Gasteiger partial charge in [-0.05, 0) is 77.1 Å². The van der Waals surface area contributed by atoms with E-state index in [4.69, 9.17) is 11.6 Å². The maximum Gasteiger partial charge on any atom is 0.0579 e. The molecule has 0 radical (unpaired) electrons. The van der Waals surface area contributed by atoms with Gasteiger partial charge in [-0.2, -0.15) is 0 Å². The fraction of sp³-hybridized carbons (Fsp3) is 0.333. The van der Waals surface area contributed by atoms with Gasteiger partial charge >= 0.3 is 0 Å². The van der Waals surface area contributed by atoms with E-state index in [0.29, 0.717) is 0 Å². The highest BCUT2D eigenvalue weighted by Gasteiger charge is 2.17. The van der Waals surface area contributed by atoms with Crippen molar-refractivity contribution in [3.8, 4) is 0 Å². The summed E-state index contributed by atoms with van der Waals surface area (Å²) < 4.78 is 0.940. The van der Waals surface area contributed by atoms with Crippen LogP contribution in [0.15, 0.2) is 40.9 Å². The van der Waals surface area contributed by atoms with Gasteiger partial charge in [-0.15, -0.1) is 0 Å². The van der Waals surface area contributed by atoms with Gasteiger partial charge in [0.2, 0.25) is 0 Å². The largest absolute Gasteiger partial charge is 0.306 e. The number of nitrogens with one attached hydrogen (secondary N) is 1. The lowest BCUT2D eigenvalue weighted by Crippen LogP contribution is -2.24. The number of aryl methyl sites for hydroxylation is 1. The topological polar surface area (TPSA) is 12.0 Å². The van der Waals surface area contributed by atoms with Gasteiger partial charge in [-0.1, -0.05) is 42.8 Å². The highest BCUT2D eigenvalue weighted by atomic mass is 79.9. The quantitative estimate of drug-likeness (QED) is 0.704. The molecule has 0 aliphatic heterocycles. The summed E-state index contributed by atoms with van der Waals surface area (Å²) in [5.41, 5.74) is 5.23. The highest BCUT2D eigenvalue weighted by Crippen LogP contribution is 2.31. The molecule has 0 aromatic heterocycles. The second-order valence-electron chi connectivity index (χ2n) is 5.35. The first-order valence-electron chi connectivity index (χ1n) is 7.29. The summed E-state index contributed by atoms with van der Waals surface area (Å²) in [4.78, 5) is 0. The summed E-state index contributed by atoms with van der Waals surface area (Å²) in [6.07, 6.45) is 1.11. The average Bonchev–Trinajstić information content (AvgIpc) is 2.47. The van der Waals surface area contributed by atoms with Crippen LogP contribution >= 0.6 is 27.5 Å². The third-order valence-corrected chi connectivity index (χ3v) is 5.05. The molecule has 2 aromatic carbocycles. The standard InChI is InChI=1S/C18H21BrClN/c1-4-10-21-18(14-8-9-17(20)16(19)11-14)15-7-5-6-12(2)13(15)3/h5-9,11,18,21H,4,10H2,1-3H3. The van der Waals surface area contributed by atoms with E-state index in [9.17, 15) is 0 Å². The molecule has 0 fully saturated rings. The molecule has 1 N–H and O–H groups in total. The van der Waals surface area contributed by atoms with Crippen LogP contribution in [0.1, 0.15) is 41.6 Å². The lowest BCUT2D eigenvalue weighted by Gasteiger charge is -2.23. The Kier molecular flexibility index (Phi) is 5.86. The Balaban J connectivity index is 2.47. The Labute approximate surface area is 140 Å². The summed E-state index contributed by atoms with van der Waals surface area (Å²) in [6.45, 7) is 7.52. The second-order valence-corrected chi connectivity index (χ2v) is 6.61. The molecule has 1 atom stereocenters. The van der Waals surface area contributed by atoms with Crippen LogP contribution in [-0.4, -0.2) is 6.54 Å². The number of benzene rings is 2. The minimum Gasteiger partial charge on any atom is -0.306 e. The van der Waals surface area contributed by atoms with Crippen LogP contribution in [-0.2, 0) is 0 Å². The molecular weight excluding hydrogens is 346 g/mol. The van der Waals surface area contributed by atoms with E-state index in [1.54, 1.807) is 0 Å². The van der Waals surface area contributed by atoms with Crippen molar-refractivity contribution in [2.45, 2.75) is 33.2 Å². The van der Waals surface area contributed by atoms with Crippen molar-refractivity contribution in [3.63, 3.8) is 0 Å². The van der Waals surface area contributed by atoms with Crippen molar-refractivity contribution >= 4 is 27.5 Å². The maximum absolute atomic E-state index is 6.12. The molecule has 1 nitrogen and oxygen atoms in total. The molecule has 0 spiro atoms. The minimum atomic E-state index is 0.193. The van der Waals surface area contributed by atoms with Gasteiger partial charge in [-0.3, -0.25) is 0 Å². The Morgan fingerprint density at radius 1 is 1.19 bits per heavy atom. The maximum atomic E-state index is 6.12. The SMILES string of the molecule is CCCNC(c1ccc(Cl)c(Br)c1)c1cccc(C)c1C. The predicted octanol–water partition coefficient (Wildman–Crippen LogP) is 5.81. The fourth-order valence-electron chi connectivity index (χ4n) is 2.47. The van der Waals surface area contributed by atoms with Crippen molar-refractivity contribution < 1.29 is 0 Å². The molecule has 112 valence electrons. The van der Waals surface area contributed by atoms with E-state index in [2.05, 4.69) is 72.3 Å². The van der Waals surface area contributed by atoms with Gasteiger partial charge in [0.1, 0.15) is 0 Å². The Morgan fingerprint density at radius 3 is 2.62 bits per heavy atom. The van der Waals surface area contributed by atoms with Gasteiger partial charge in [-0.25, -0.2) is 0 Å². The molecule has 2 rings (SSSR count). The molecule has 2 aromatic rings. The fourth-order valence-corrected chi connectivity index (χ4v) is 2.99. The molecular formula is C18H21BrClN. The zero-order valence-corrected chi connectivity index (χ0v) is 15.1. The van der Waals surface area contributed by atoms with Crippen molar-refractivity contribution in [2.75, 3.05) is 6.54 Å². The van der Waals surface area contributed by atoms with Crippen LogP contribution in [0.2, 0.25) is 5.02 Å². The lowest BCUT2D eigenvalue weighted by atomic mass is 9.92. The third kappa shape index (κ3) is 3.88. The number of hydrogen-bond acceptors (Lipinski definition) is 1. The normalized spacial score (nSPS) is 12.4. The summed E-state index contributed by atoms with van der Waals surface area (Å²) in [7, 11) is 0. The molecule has 0 aliphatic carbocycles. The summed E-state index contributed by atoms with van der Waals surface area (Å²) in [6, 6.07) is 12.8. The van der Waals surface area contributed by atoms with E-state index in [1.807, 2.05) is 6.07 Å². The van der Waals surface area contributed by atoms with Crippen molar-refractivity contribution in [2.24, 2.45) is 0 Å². The van der Waals surface area contributed by atoms with Crippen LogP contribution in [0.3, 0.4) is 0 Å². The van der Waals surface area contributed by atoms with Crippen molar-refractivity contribution in [1.82, 2.24) is 5.32 Å². The van der Waals surface area contributed by atoms with E-state index < -0.39 is 0 Å². The van der Waals surface area contributed by atoms with Crippen LogP contribution in [0, 0.1) is 13.8 Å². The average molecular weight is 367 g/mol. The second kappa shape index (κ2) is 7.44. The van der Waals surface area contributed by atoms with Crippen LogP contribution < -0.4 is 5.32 Å². The zero-order chi connectivity index (χ0) is 15.4. The minimum absolute atomic E-state index is 0.193. The van der Waals surface area contributed by atoms with Gasteiger partial charge in [0.05, 0.1) is 11.1 Å². The molecule has 21 heavy (non-hydrogen) atoms. The third-order valence-electron chi connectivity index (χ3n) is 3.83. The first kappa shape index (κ1) is 16.5. The molecule has 0 bridgehead atoms. The van der Waals surface area contributed by atoms with Gasteiger partial charge < -0.3 is 5.32 Å². The summed E-state index contributed by atoms with van der Waals surface area (Å²) in [5, 5.41) is 4.40. The molecule has 0 saturated carbocycles. The van der Waals surface area contributed by atoms with Crippen LogP contribution in [0.5, 0.6) is 0 Å². The van der Waals surface area contributed by atoms with E-state index in [-0.39, 0.29) is 6.04 Å². The summed E-state index contributed by atoms with van der Waals surface area (Å²) in [5.74, 6) is 0. The predicted molar refractivity (Wildman–Crippen MR) is 95.2 cm³/mol. The van der Waals surface area contributed by atoms with Crippen LogP contribution in [0.4, 0.5) is 0 Å². The van der Waals surface area contributed by atoms with Gasteiger partial charge in [0.15, 0.2) is 0 Å². The highest BCUT2D eigenvalue weighted by molar-refractivity contribution is 9.10. The molecule has 0 amide bonds. The Morgan fingerprint density at radius 2 is 1.95 bits per heavy atom. The molecule has 3 heteroatoms. The molecule has 0 saturated heterocycles. The van der Waals surface area contributed by atoms with E-state index in [1.165, 1.54) is 22.3 Å². The van der Waals surface area contributed by atoms with Gasteiger partial charge in [0.25, 0.3) is 0 Å². The summed E-state index contributed by atoms with van der Waals surface area (Å²) >= 11 is 9.65. The Hall–Kier alpha value is -0.830. The van der Waals surface area contributed by atoms with E-state index >= 15 is 0 Å². The van der Waals surface area contributed by atoms with Crippen molar-refractivity contribution in [3.05, 3.63) is 68.1 Å². The van der Waals surface area contributed by atoms with Crippen LogP contribution in [0.25, 0.3) is 0 Å². The van der Waals surface area contributed by atoms with Gasteiger partial charge in [0, 0.05) is 4.47 Å². The first-order chi connectivity index (χ1) is 10.0.